The predicted molar refractivity (Wildman–Crippen MR) is 42.7 cm³/mol. The zero-order valence-corrected chi connectivity index (χ0v) is 7.76. The second-order valence-electron chi connectivity index (χ2n) is 2.31. The van der Waals surface area contributed by atoms with Crippen molar-refractivity contribution in [3.63, 3.8) is 0 Å². The molecule has 0 amide bonds. The molecule has 0 spiro atoms. The molecule has 0 aromatic carbocycles. The summed E-state index contributed by atoms with van der Waals surface area (Å²) in [5, 5.41) is 0. The highest BCUT2D eigenvalue weighted by Crippen LogP contribution is 2.06. The first-order valence-corrected chi connectivity index (χ1v) is 4.15. The van der Waals surface area contributed by atoms with Crippen molar-refractivity contribution in [2.75, 3.05) is 13.2 Å². The van der Waals surface area contributed by atoms with Gasteiger partial charge in [0.05, 0.1) is 6.42 Å². The van der Waals surface area contributed by atoms with E-state index in [2.05, 4.69) is 0 Å². The van der Waals surface area contributed by atoms with Crippen molar-refractivity contribution in [2.45, 2.75) is 33.0 Å². The van der Waals surface area contributed by atoms with Gasteiger partial charge in [0, 0.05) is 13.2 Å². The molecule has 78 valence electrons. The Bertz CT molecular complexity index is 144. The van der Waals surface area contributed by atoms with Crippen molar-refractivity contribution < 1.29 is 23.0 Å². The summed E-state index contributed by atoms with van der Waals surface area (Å²) in [5.41, 5.74) is 0. The maximum absolute atomic E-state index is 11.8. The molecule has 3 nitrogen and oxygen atoms in total. The highest BCUT2D eigenvalue weighted by Gasteiger charge is 2.21. The van der Waals surface area contributed by atoms with E-state index in [1.807, 2.05) is 0 Å². The van der Waals surface area contributed by atoms with Crippen molar-refractivity contribution in [3.8, 4) is 0 Å². The van der Waals surface area contributed by atoms with E-state index in [1.54, 1.807) is 13.8 Å². The molecule has 0 rings (SSSR count). The summed E-state index contributed by atoms with van der Waals surface area (Å²) in [7, 11) is 0. The van der Waals surface area contributed by atoms with Crippen LogP contribution in [0.3, 0.4) is 0 Å². The van der Waals surface area contributed by atoms with E-state index >= 15 is 0 Å². The van der Waals surface area contributed by atoms with Crippen LogP contribution in [0.15, 0.2) is 0 Å². The molecule has 0 radical (unpaired) electrons. The van der Waals surface area contributed by atoms with Crippen LogP contribution in [0.4, 0.5) is 8.78 Å². The lowest BCUT2D eigenvalue weighted by atomic mass is 10.3. The minimum Gasteiger partial charge on any atom is -0.352 e. The lowest BCUT2D eigenvalue weighted by molar-refractivity contribution is -0.158. The molecule has 0 bridgehead atoms. The number of hydrogen-bond donors (Lipinski definition) is 0. The van der Waals surface area contributed by atoms with E-state index in [1.165, 1.54) is 0 Å². The lowest BCUT2D eigenvalue weighted by Gasteiger charge is -2.15. The van der Waals surface area contributed by atoms with Gasteiger partial charge in [0.2, 0.25) is 5.78 Å². The van der Waals surface area contributed by atoms with Crippen molar-refractivity contribution in [1.82, 2.24) is 0 Å². The van der Waals surface area contributed by atoms with Crippen LogP contribution in [-0.4, -0.2) is 31.7 Å². The topological polar surface area (TPSA) is 35.5 Å². The fourth-order valence-corrected chi connectivity index (χ4v) is 0.791. The number of alkyl halides is 2. The molecule has 0 aromatic heterocycles. The Morgan fingerprint density at radius 2 is 1.69 bits per heavy atom. The minimum atomic E-state index is -2.94. The van der Waals surface area contributed by atoms with Crippen LogP contribution in [0.2, 0.25) is 0 Å². The number of hydrogen-bond acceptors (Lipinski definition) is 3. The monoisotopic (exact) mass is 196 g/mol. The average molecular weight is 196 g/mol. The zero-order valence-electron chi connectivity index (χ0n) is 7.76. The van der Waals surface area contributed by atoms with Crippen LogP contribution >= 0.6 is 0 Å². The van der Waals surface area contributed by atoms with Gasteiger partial charge in [0.25, 0.3) is 6.43 Å². The molecular formula is C8H14F2O3. The molecule has 0 fully saturated rings. The second kappa shape index (κ2) is 6.91. The fourth-order valence-electron chi connectivity index (χ4n) is 0.791. The van der Waals surface area contributed by atoms with Crippen molar-refractivity contribution in [3.05, 3.63) is 0 Å². The Hall–Kier alpha value is -0.550. The molecule has 0 saturated heterocycles. The maximum atomic E-state index is 11.8. The number of ether oxygens (including phenoxy) is 2. The molecule has 0 N–H and O–H groups in total. The Balaban J connectivity index is 3.86. The third kappa shape index (κ3) is 5.65. The van der Waals surface area contributed by atoms with Gasteiger partial charge in [-0.1, -0.05) is 0 Å². The molecule has 0 unspecified atom stereocenters. The predicted octanol–water partition coefficient (Wildman–Crippen LogP) is 1.61. The zero-order chi connectivity index (χ0) is 10.3. The molecule has 0 atom stereocenters. The van der Waals surface area contributed by atoms with Crippen molar-refractivity contribution >= 4 is 5.78 Å². The number of carbonyl (C=O) groups excluding carboxylic acids is 1. The smallest absolute Gasteiger partial charge is 0.296 e. The standard InChI is InChI=1S/C8H14F2O3/c1-3-12-7(13-4-2)5-6(11)8(9)10/h7-8H,3-5H2,1-2H3. The fraction of sp³-hybridized carbons (Fsp3) is 0.875. The molecule has 5 heteroatoms. The quantitative estimate of drug-likeness (QED) is 0.580. The molecule has 0 heterocycles. The Labute approximate surface area is 76.0 Å². The number of halogens is 2. The van der Waals surface area contributed by atoms with E-state index in [9.17, 15) is 13.6 Å². The molecule has 0 aliphatic rings. The summed E-state index contributed by atoms with van der Waals surface area (Å²) in [6.07, 6.45) is -4.17. The molecule has 0 aromatic rings. The molecule has 13 heavy (non-hydrogen) atoms. The average Bonchev–Trinajstić information content (AvgIpc) is 2.05. The Morgan fingerprint density at radius 3 is 2.00 bits per heavy atom. The van der Waals surface area contributed by atoms with Gasteiger partial charge >= 0.3 is 0 Å². The van der Waals surface area contributed by atoms with E-state index in [0.717, 1.165) is 0 Å². The third-order valence-corrected chi connectivity index (χ3v) is 1.32. The minimum absolute atomic E-state index is 0.335. The van der Waals surface area contributed by atoms with Gasteiger partial charge in [0.15, 0.2) is 6.29 Å². The largest absolute Gasteiger partial charge is 0.352 e. The van der Waals surface area contributed by atoms with Gasteiger partial charge < -0.3 is 9.47 Å². The first-order chi connectivity index (χ1) is 6.11. The SMILES string of the molecule is CCOC(CC(=O)C(F)F)OCC. The first kappa shape index (κ1) is 12.4. The highest BCUT2D eigenvalue weighted by molar-refractivity contribution is 5.81. The molecule has 0 aliphatic carbocycles. The second-order valence-corrected chi connectivity index (χ2v) is 2.31. The summed E-state index contributed by atoms with van der Waals surface area (Å²) in [4.78, 5) is 10.6. The van der Waals surface area contributed by atoms with E-state index < -0.39 is 18.5 Å². The van der Waals surface area contributed by atoms with Gasteiger partial charge in [-0.05, 0) is 13.8 Å². The van der Waals surface area contributed by atoms with E-state index in [4.69, 9.17) is 9.47 Å². The van der Waals surface area contributed by atoms with Gasteiger partial charge in [-0.15, -0.1) is 0 Å². The van der Waals surface area contributed by atoms with Crippen molar-refractivity contribution in [1.29, 1.82) is 0 Å². The number of ketones is 1. The highest BCUT2D eigenvalue weighted by atomic mass is 19.3. The normalized spacial score (nSPS) is 11.2. The summed E-state index contributed by atoms with van der Waals surface area (Å²) < 4.78 is 33.5. The third-order valence-electron chi connectivity index (χ3n) is 1.32. The van der Waals surface area contributed by atoms with Gasteiger partial charge in [0.1, 0.15) is 0 Å². The van der Waals surface area contributed by atoms with E-state index in [-0.39, 0.29) is 6.42 Å². The van der Waals surface area contributed by atoms with Gasteiger partial charge in [-0.3, -0.25) is 4.79 Å². The van der Waals surface area contributed by atoms with Gasteiger partial charge in [-0.2, -0.15) is 0 Å². The van der Waals surface area contributed by atoms with Gasteiger partial charge in [-0.25, -0.2) is 8.78 Å². The number of Topliss-reactive ketones (excluding diaryl/α,β-unsaturated/α-hetero) is 1. The molecule has 0 saturated carbocycles. The summed E-state index contributed by atoms with van der Waals surface area (Å²) in [6, 6.07) is 0. The number of rotatable bonds is 7. The Kier molecular flexibility index (Phi) is 6.62. The lowest BCUT2D eigenvalue weighted by Crippen LogP contribution is -2.24. The van der Waals surface area contributed by atoms with Crippen LogP contribution in [-0.2, 0) is 14.3 Å². The Morgan fingerprint density at radius 1 is 1.23 bits per heavy atom. The maximum Gasteiger partial charge on any atom is 0.296 e. The van der Waals surface area contributed by atoms with Crippen LogP contribution in [0, 0.1) is 0 Å². The van der Waals surface area contributed by atoms with Crippen LogP contribution in [0.25, 0.3) is 0 Å². The van der Waals surface area contributed by atoms with Crippen LogP contribution < -0.4 is 0 Å². The summed E-state index contributed by atoms with van der Waals surface area (Å²) in [5.74, 6) is -1.15. The first-order valence-electron chi connectivity index (χ1n) is 4.15. The van der Waals surface area contributed by atoms with Crippen LogP contribution in [0.1, 0.15) is 20.3 Å². The molecule has 0 aliphatic heterocycles. The summed E-state index contributed by atoms with van der Waals surface area (Å²) >= 11 is 0. The summed E-state index contributed by atoms with van der Waals surface area (Å²) in [6.45, 7) is 4.08. The molecular weight excluding hydrogens is 182 g/mol. The van der Waals surface area contributed by atoms with Crippen LogP contribution in [0.5, 0.6) is 0 Å². The number of carbonyl (C=O) groups is 1. The van der Waals surface area contributed by atoms with E-state index in [0.29, 0.717) is 13.2 Å². The van der Waals surface area contributed by atoms with Crippen molar-refractivity contribution in [2.24, 2.45) is 0 Å².